The van der Waals surface area contributed by atoms with Gasteiger partial charge >= 0.3 is 5.97 Å². The van der Waals surface area contributed by atoms with Gasteiger partial charge in [-0.1, -0.05) is 62.4 Å². The largest absolute Gasteiger partial charge is 0.456 e. The lowest BCUT2D eigenvalue weighted by Crippen LogP contribution is -2.10. The summed E-state index contributed by atoms with van der Waals surface area (Å²) < 4.78 is 10.4. The average Bonchev–Trinajstić information content (AvgIpc) is 2.60. The van der Waals surface area contributed by atoms with Crippen LogP contribution in [0.2, 0.25) is 0 Å². The van der Waals surface area contributed by atoms with E-state index >= 15 is 0 Å². The third-order valence-corrected chi connectivity index (χ3v) is 3.84. The number of benzene rings is 1. The molecule has 1 N–H and O–H groups in total. The summed E-state index contributed by atoms with van der Waals surface area (Å²) in [4.78, 5) is 11.1. The predicted molar refractivity (Wildman–Crippen MR) is 98.8 cm³/mol. The van der Waals surface area contributed by atoms with Crippen molar-refractivity contribution in [2.75, 3.05) is 13.2 Å². The lowest BCUT2D eigenvalue weighted by atomic mass is 9.97. The summed E-state index contributed by atoms with van der Waals surface area (Å²) in [7, 11) is 0. The molecule has 0 aromatic heterocycles. The molecule has 0 aliphatic heterocycles. The molecule has 4 nitrogen and oxygen atoms in total. The van der Waals surface area contributed by atoms with E-state index in [4.69, 9.17) is 9.47 Å². The Morgan fingerprint density at radius 1 is 1.20 bits per heavy atom. The van der Waals surface area contributed by atoms with E-state index < -0.39 is 12.1 Å². The Morgan fingerprint density at radius 3 is 2.68 bits per heavy atom. The summed E-state index contributed by atoms with van der Waals surface area (Å²) in [6.07, 6.45) is 4.12. The summed E-state index contributed by atoms with van der Waals surface area (Å²) >= 11 is 0. The molecule has 0 spiro atoms. The van der Waals surface area contributed by atoms with Gasteiger partial charge < -0.3 is 14.6 Å². The molecule has 25 heavy (non-hydrogen) atoms. The molecule has 0 amide bonds. The highest BCUT2D eigenvalue weighted by Gasteiger charge is 2.08. The first-order valence-corrected chi connectivity index (χ1v) is 9.09. The van der Waals surface area contributed by atoms with Gasteiger partial charge in [0.1, 0.15) is 6.10 Å². The van der Waals surface area contributed by atoms with Crippen molar-refractivity contribution in [3.8, 4) is 11.8 Å². The zero-order valence-electron chi connectivity index (χ0n) is 15.4. The van der Waals surface area contributed by atoms with Crippen molar-refractivity contribution in [1.29, 1.82) is 0 Å². The maximum absolute atomic E-state index is 11.1. The standard InChI is InChI=1S/C21H30O4/c1-3-25-21(23)14-13-20(22)16-18(2)10-6-5-9-15-24-17-19-11-7-4-8-12-19/h4,7-8,11-12,18,20,22H,3,5-6,9-10,15-17H2,1-2H3/t18-,20?/m0/s1. The van der Waals surface area contributed by atoms with Crippen LogP contribution in [0, 0.1) is 17.8 Å². The Hall–Kier alpha value is -1.83. The molecule has 0 aliphatic rings. The summed E-state index contributed by atoms with van der Waals surface area (Å²) in [5, 5.41) is 9.82. The van der Waals surface area contributed by atoms with Gasteiger partial charge in [0.2, 0.25) is 0 Å². The lowest BCUT2D eigenvalue weighted by Gasteiger charge is -2.12. The molecule has 0 saturated heterocycles. The minimum Gasteiger partial charge on any atom is -0.456 e. The molecule has 138 valence electrons. The fourth-order valence-corrected chi connectivity index (χ4v) is 2.51. The topological polar surface area (TPSA) is 55.8 Å². The molecule has 0 bridgehead atoms. The summed E-state index contributed by atoms with van der Waals surface area (Å²) in [5.41, 5.74) is 1.20. The maximum Gasteiger partial charge on any atom is 0.384 e. The van der Waals surface area contributed by atoms with Crippen molar-refractivity contribution in [3.63, 3.8) is 0 Å². The van der Waals surface area contributed by atoms with Crippen LogP contribution in [0.25, 0.3) is 0 Å². The van der Waals surface area contributed by atoms with Gasteiger partial charge in [-0.05, 0) is 31.2 Å². The lowest BCUT2D eigenvalue weighted by molar-refractivity contribution is -0.136. The van der Waals surface area contributed by atoms with E-state index in [-0.39, 0.29) is 0 Å². The number of esters is 1. The monoisotopic (exact) mass is 346 g/mol. The first-order chi connectivity index (χ1) is 12.1. The fraction of sp³-hybridized carbons (Fsp3) is 0.571. The molecule has 1 unspecified atom stereocenters. The van der Waals surface area contributed by atoms with Crippen molar-refractivity contribution in [3.05, 3.63) is 35.9 Å². The van der Waals surface area contributed by atoms with Crippen LogP contribution in [0.3, 0.4) is 0 Å². The quantitative estimate of drug-likeness (QED) is 0.287. The number of aliphatic hydroxyl groups excluding tert-OH is 1. The van der Waals surface area contributed by atoms with Crippen molar-refractivity contribution in [2.45, 2.75) is 58.7 Å². The van der Waals surface area contributed by atoms with Gasteiger partial charge in [-0.25, -0.2) is 4.79 Å². The van der Waals surface area contributed by atoms with Crippen LogP contribution in [-0.4, -0.2) is 30.4 Å². The van der Waals surface area contributed by atoms with Crippen LogP contribution in [0.1, 0.15) is 51.5 Å². The zero-order chi connectivity index (χ0) is 18.3. The van der Waals surface area contributed by atoms with Gasteiger partial charge in [0.15, 0.2) is 0 Å². The first-order valence-electron chi connectivity index (χ1n) is 9.09. The number of aliphatic hydroxyl groups is 1. The minimum atomic E-state index is -0.770. The molecule has 2 atom stereocenters. The van der Waals surface area contributed by atoms with E-state index in [0.29, 0.717) is 25.6 Å². The molecule has 0 fully saturated rings. The van der Waals surface area contributed by atoms with Gasteiger partial charge in [-0.3, -0.25) is 0 Å². The van der Waals surface area contributed by atoms with Crippen molar-refractivity contribution < 1.29 is 19.4 Å². The van der Waals surface area contributed by atoms with E-state index in [2.05, 4.69) is 30.9 Å². The molecule has 4 heteroatoms. The second-order valence-corrected chi connectivity index (χ2v) is 6.23. The zero-order valence-corrected chi connectivity index (χ0v) is 15.4. The number of ether oxygens (including phenoxy) is 2. The predicted octanol–water partition coefficient (Wildman–Crippen LogP) is 3.72. The Labute approximate surface area is 151 Å². The Bertz CT molecular complexity index is 530. The fourth-order valence-electron chi connectivity index (χ4n) is 2.51. The Balaban J connectivity index is 2.02. The van der Waals surface area contributed by atoms with Crippen LogP contribution in [0.15, 0.2) is 30.3 Å². The highest BCUT2D eigenvalue weighted by atomic mass is 16.5. The second kappa shape index (κ2) is 13.5. The second-order valence-electron chi connectivity index (χ2n) is 6.23. The van der Waals surface area contributed by atoms with Gasteiger partial charge in [0.25, 0.3) is 0 Å². The normalized spacial score (nSPS) is 12.8. The minimum absolute atomic E-state index is 0.301. The van der Waals surface area contributed by atoms with E-state index in [9.17, 15) is 9.90 Å². The van der Waals surface area contributed by atoms with E-state index in [0.717, 1.165) is 32.3 Å². The van der Waals surface area contributed by atoms with Gasteiger partial charge in [-0.15, -0.1) is 0 Å². The molecular formula is C21H30O4. The number of unbranched alkanes of at least 4 members (excludes halogenated alkanes) is 2. The molecule has 0 radical (unpaired) electrons. The van der Waals surface area contributed by atoms with Crippen molar-refractivity contribution >= 4 is 5.97 Å². The van der Waals surface area contributed by atoms with E-state index in [1.54, 1.807) is 6.92 Å². The Morgan fingerprint density at radius 2 is 1.96 bits per heavy atom. The van der Waals surface area contributed by atoms with Gasteiger partial charge in [0, 0.05) is 12.5 Å². The molecule has 1 rings (SSSR count). The number of carbonyl (C=O) groups is 1. The van der Waals surface area contributed by atoms with Crippen LogP contribution >= 0.6 is 0 Å². The summed E-state index contributed by atoms with van der Waals surface area (Å²) in [6, 6.07) is 10.2. The maximum atomic E-state index is 11.1. The number of rotatable bonds is 11. The highest BCUT2D eigenvalue weighted by molar-refractivity contribution is 5.88. The number of carbonyl (C=O) groups excluding carboxylic acids is 1. The molecule has 0 saturated carbocycles. The van der Waals surface area contributed by atoms with Gasteiger partial charge in [-0.2, -0.15) is 0 Å². The van der Waals surface area contributed by atoms with Crippen LogP contribution < -0.4 is 0 Å². The van der Waals surface area contributed by atoms with Crippen LogP contribution in [0.4, 0.5) is 0 Å². The first kappa shape index (κ1) is 21.2. The SMILES string of the molecule is CCOC(=O)C#CC(O)C[C@@H](C)CCCCCOCc1ccccc1. The molecule has 0 heterocycles. The van der Waals surface area contributed by atoms with Crippen LogP contribution in [0.5, 0.6) is 0 Å². The van der Waals surface area contributed by atoms with Crippen LogP contribution in [-0.2, 0) is 20.9 Å². The highest BCUT2D eigenvalue weighted by Crippen LogP contribution is 2.15. The number of hydrogen-bond donors (Lipinski definition) is 1. The van der Waals surface area contributed by atoms with Crippen molar-refractivity contribution in [1.82, 2.24) is 0 Å². The molecule has 1 aromatic rings. The van der Waals surface area contributed by atoms with Gasteiger partial charge in [0.05, 0.1) is 13.2 Å². The smallest absolute Gasteiger partial charge is 0.384 e. The third kappa shape index (κ3) is 11.4. The van der Waals surface area contributed by atoms with E-state index in [1.807, 2.05) is 18.2 Å². The number of hydrogen-bond acceptors (Lipinski definition) is 4. The molecular weight excluding hydrogens is 316 g/mol. The molecule has 1 aromatic carbocycles. The molecule has 0 aliphatic carbocycles. The Kier molecular flexibility index (Phi) is 11.4. The van der Waals surface area contributed by atoms with E-state index in [1.165, 1.54) is 5.56 Å². The summed E-state index contributed by atoms with van der Waals surface area (Å²) in [5.74, 6) is 4.65. The van der Waals surface area contributed by atoms with Crippen molar-refractivity contribution in [2.24, 2.45) is 5.92 Å². The third-order valence-electron chi connectivity index (χ3n) is 3.84. The average molecular weight is 346 g/mol. The summed E-state index contributed by atoms with van der Waals surface area (Å²) in [6.45, 7) is 5.57.